The summed E-state index contributed by atoms with van der Waals surface area (Å²) < 4.78 is 5.27. The molecule has 0 unspecified atom stereocenters. The lowest BCUT2D eigenvalue weighted by Gasteiger charge is -2.09. The van der Waals surface area contributed by atoms with Gasteiger partial charge in [0, 0.05) is 5.56 Å². The van der Waals surface area contributed by atoms with E-state index in [0.717, 1.165) is 16.7 Å². The maximum Gasteiger partial charge on any atom is 0.207 e. The fraction of sp³-hybridized carbons (Fsp3) is 0.227. The SMILES string of the molecule is C=C.CC.Cc1cc2c(c(O)c1C/C=C/c1ccccc1)C(=O)CO2. The number of hydrogen-bond acceptors (Lipinski definition) is 3. The van der Waals surface area contributed by atoms with Crippen LogP contribution in [-0.2, 0) is 6.42 Å². The number of rotatable bonds is 3. The summed E-state index contributed by atoms with van der Waals surface area (Å²) in [5.41, 5.74) is 3.14. The third-order valence-electron chi connectivity index (χ3n) is 3.66. The molecular formula is C22H26O3. The minimum absolute atomic E-state index is 0.0195. The van der Waals surface area contributed by atoms with E-state index >= 15 is 0 Å². The molecule has 25 heavy (non-hydrogen) atoms. The summed E-state index contributed by atoms with van der Waals surface area (Å²) in [6.45, 7) is 11.9. The highest BCUT2D eigenvalue weighted by Gasteiger charge is 2.27. The summed E-state index contributed by atoms with van der Waals surface area (Å²) in [5.74, 6) is 0.395. The predicted octanol–water partition coefficient (Wildman–Crippen LogP) is 5.36. The average molecular weight is 338 g/mol. The summed E-state index contributed by atoms with van der Waals surface area (Å²) in [5, 5.41) is 10.3. The third kappa shape index (κ3) is 4.83. The van der Waals surface area contributed by atoms with E-state index in [1.807, 2.05) is 69.3 Å². The van der Waals surface area contributed by atoms with Gasteiger partial charge in [-0.3, -0.25) is 4.79 Å². The van der Waals surface area contributed by atoms with Gasteiger partial charge in [0.1, 0.15) is 17.1 Å². The summed E-state index contributed by atoms with van der Waals surface area (Å²) >= 11 is 0. The van der Waals surface area contributed by atoms with Gasteiger partial charge in [-0.15, -0.1) is 13.2 Å². The highest BCUT2D eigenvalue weighted by Crippen LogP contribution is 2.38. The van der Waals surface area contributed by atoms with Crippen molar-refractivity contribution in [2.24, 2.45) is 0 Å². The van der Waals surface area contributed by atoms with E-state index in [-0.39, 0.29) is 18.1 Å². The second-order valence-corrected chi connectivity index (χ2v) is 5.12. The quantitative estimate of drug-likeness (QED) is 0.766. The van der Waals surface area contributed by atoms with E-state index < -0.39 is 0 Å². The molecule has 0 aliphatic carbocycles. The molecule has 0 radical (unpaired) electrons. The molecule has 1 aliphatic rings. The van der Waals surface area contributed by atoms with Crippen molar-refractivity contribution in [1.82, 2.24) is 0 Å². The zero-order valence-electron chi connectivity index (χ0n) is 15.2. The van der Waals surface area contributed by atoms with Crippen LogP contribution in [0.15, 0.2) is 55.6 Å². The molecule has 0 saturated heterocycles. The van der Waals surface area contributed by atoms with E-state index in [1.165, 1.54) is 0 Å². The van der Waals surface area contributed by atoms with Gasteiger partial charge in [0.05, 0.1) is 0 Å². The molecule has 0 bridgehead atoms. The van der Waals surface area contributed by atoms with Crippen LogP contribution in [0.25, 0.3) is 6.08 Å². The van der Waals surface area contributed by atoms with Gasteiger partial charge in [-0.05, 0) is 30.5 Å². The summed E-state index contributed by atoms with van der Waals surface area (Å²) in [7, 11) is 0. The van der Waals surface area contributed by atoms with Crippen LogP contribution >= 0.6 is 0 Å². The third-order valence-corrected chi connectivity index (χ3v) is 3.66. The van der Waals surface area contributed by atoms with Gasteiger partial charge in [0.15, 0.2) is 6.61 Å². The zero-order chi connectivity index (χ0) is 18.8. The maximum absolute atomic E-state index is 11.7. The van der Waals surface area contributed by atoms with Crippen LogP contribution in [0.5, 0.6) is 11.5 Å². The number of Topliss-reactive ketones (excluding diaryl/α,β-unsaturated/α-hetero) is 1. The lowest BCUT2D eigenvalue weighted by molar-refractivity contribution is 0.0959. The summed E-state index contributed by atoms with van der Waals surface area (Å²) in [4.78, 5) is 11.7. The minimum Gasteiger partial charge on any atom is -0.507 e. The number of phenols is 1. The number of aryl methyl sites for hydroxylation is 1. The van der Waals surface area contributed by atoms with E-state index in [4.69, 9.17) is 4.74 Å². The first kappa shape index (κ1) is 20.2. The molecule has 3 rings (SSSR count). The highest BCUT2D eigenvalue weighted by molar-refractivity contribution is 6.05. The van der Waals surface area contributed by atoms with Crippen LogP contribution < -0.4 is 4.74 Å². The molecule has 0 atom stereocenters. The zero-order valence-corrected chi connectivity index (χ0v) is 15.2. The van der Waals surface area contributed by atoms with Crippen molar-refractivity contribution < 1.29 is 14.6 Å². The number of hydrogen-bond donors (Lipinski definition) is 1. The van der Waals surface area contributed by atoms with Gasteiger partial charge in [0.2, 0.25) is 5.78 Å². The first-order valence-electron chi connectivity index (χ1n) is 8.40. The van der Waals surface area contributed by atoms with Gasteiger partial charge in [-0.2, -0.15) is 0 Å². The first-order chi connectivity index (χ1) is 12.2. The first-order valence-corrected chi connectivity index (χ1v) is 8.40. The molecule has 0 spiro atoms. The lowest BCUT2D eigenvalue weighted by Crippen LogP contribution is -2.00. The Bertz CT molecular complexity index is 731. The van der Waals surface area contributed by atoms with Crippen LogP contribution in [0.2, 0.25) is 0 Å². The van der Waals surface area contributed by atoms with Gasteiger partial charge in [-0.25, -0.2) is 0 Å². The second kappa shape index (κ2) is 10.1. The number of ketones is 1. The molecule has 1 aliphatic heterocycles. The van der Waals surface area contributed by atoms with Crippen molar-refractivity contribution in [2.45, 2.75) is 27.2 Å². The number of ether oxygens (including phenoxy) is 1. The Hall–Kier alpha value is -2.81. The Kier molecular flexibility index (Phi) is 8.21. The molecule has 2 aromatic rings. The van der Waals surface area contributed by atoms with Gasteiger partial charge in [0.25, 0.3) is 0 Å². The largest absolute Gasteiger partial charge is 0.507 e. The summed E-state index contributed by atoms with van der Waals surface area (Å²) in [6, 6.07) is 11.8. The molecule has 2 aromatic carbocycles. The van der Waals surface area contributed by atoms with Crippen LogP contribution in [0.3, 0.4) is 0 Å². The Morgan fingerprint density at radius 3 is 2.48 bits per heavy atom. The maximum atomic E-state index is 11.7. The minimum atomic E-state index is -0.157. The molecule has 0 saturated carbocycles. The molecule has 0 amide bonds. The predicted molar refractivity (Wildman–Crippen MR) is 104 cm³/mol. The Labute approximate surface area is 150 Å². The number of benzene rings is 2. The molecule has 0 fully saturated rings. The molecule has 1 N–H and O–H groups in total. The fourth-order valence-corrected chi connectivity index (χ4v) is 2.54. The van der Waals surface area contributed by atoms with Crippen molar-refractivity contribution in [3.05, 3.63) is 77.9 Å². The number of aromatic hydroxyl groups is 1. The molecule has 132 valence electrons. The van der Waals surface area contributed by atoms with E-state index in [2.05, 4.69) is 13.2 Å². The highest BCUT2D eigenvalue weighted by atomic mass is 16.5. The van der Waals surface area contributed by atoms with E-state index in [1.54, 1.807) is 0 Å². The summed E-state index contributed by atoms with van der Waals surface area (Å²) in [6.07, 6.45) is 4.57. The van der Waals surface area contributed by atoms with Crippen LogP contribution in [0.4, 0.5) is 0 Å². The number of carbonyl (C=O) groups is 1. The van der Waals surface area contributed by atoms with Gasteiger partial charge < -0.3 is 9.84 Å². The van der Waals surface area contributed by atoms with Crippen LogP contribution in [0.1, 0.15) is 40.9 Å². The van der Waals surface area contributed by atoms with Crippen molar-refractivity contribution in [1.29, 1.82) is 0 Å². The number of carbonyl (C=O) groups excluding carboxylic acids is 1. The van der Waals surface area contributed by atoms with Crippen LogP contribution in [-0.4, -0.2) is 17.5 Å². The van der Waals surface area contributed by atoms with Crippen molar-refractivity contribution in [3.63, 3.8) is 0 Å². The Morgan fingerprint density at radius 1 is 1.20 bits per heavy atom. The molecule has 3 nitrogen and oxygen atoms in total. The monoisotopic (exact) mass is 338 g/mol. The molecule has 0 aromatic heterocycles. The van der Waals surface area contributed by atoms with Crippen molar-refractivity contribution in [3.8, 4) is 11.5 Å². The van der Waals surface area contributed by atoms with Crippen LogP contribution in [0, 0.1) is 6.92 Å². The molecule has 1 heterocycles. The lowest BCUT2D eigenvalue weighted by atomic mass is 9.98. The van der Waals surface area contributed by atoms with E-state index in [0.29, 0.717) is 17.7 Å². The number of fused-ring (bicyclic) bond motifs is 1. The normalized spacial score (nSPS) is 11.7. The Balaban J connectivity index is 0.000000730. The number of phenolic OH excluding ortho intramolecular Hbond substituents is 1. The van der Waals surface area contributed by atoms with Gasteiger partial charge >= 0.3 is 0 Å². The standard InChI is InChI=1S/C18H16O3.C2H6.C2H4/c1-12-10-16-17(15(19)11-21-16)18(20)14(12)9-5-8-13-6-3-2-4-7-13;2*1-2/h2-8,10,20H,9,11H2,1H3;1-2H3;1-2H2/b8-5+;;. The fourth-order valence-electron chi connectivity index (χ4n) is 2.54. The average Bonchev–Trinajstić information content (AvgIpc) is 3.03. The molecular weight excluding hydrogens is 312 g/mol. The van der Waals surface area contributed by atoms with E-state index in [9.17, 15) is 9.90 Å². The molecule has 3 heteroatoms. The number of allylic oxidation sites excluding steroid dienone is 1. The van der Waals surface area contributed by atoms with Gasteiger partial charge in [-0.1, -0.05) is 56.3 Å². The topological polar surface area (TPSA) is 46.5 Å². The smallest absolute Gasteiger partial charge is 0.207 e. The van der Waals surface area contributed by atoms with Crippen molar-refractivity contribution in [2.75, 3.05) is 6.61 Å². The van der Waals surface area contributed by atoms with Crippen molar-refractivity contribution >= 4 is 11.9 Å². The Morgan fingerprint density at radius 2 is 1.84 bits per heavy atom. The second-order valence-electron chi connectivity index (χ2n) is 5.12.